The third-order valence-corrected chi connectivity index (χ3v) is 4.20. The quantitative estimate of drug-likeness (QED) is 0.704. The molecule has 0 atom stereocenters. The molecule has 0 radical (unpaired) electrons. The largest absolute Gasteiger partial charge is 0.507 e. The molecule has 0 aliphatic carbocycles. The van der Waals surface area contributed by atoms with E-state index in [1.807, 2.05) is 0 Å². The molecule has 0 aliphatic rings. The van der Waals surface area contributed by atoms with Crippen molar-refractivity contribution in [2.45, 2.75) is 27.3 Å². The Hall–Kier alpha value is -2.33. The second-order valence-corrected chi connectivity index (χ2v) is 5.98. The second kappa shape index (κ2) is 6.05. The predicted molar refractivity (Wildman–Crippen MR) is 95.3 cm³/mol. The summed E-state index contributed by atoms with van der Waals surface area (Å²) in [7, 11) is 0. The third kappa shape index (κ3) is 2.94. The fourth-order valence-corrected chi connectivity index (χ4v) is 2.71. The van der Waals surface area contributed by atoms with Crippen LogP contribution in [0, 0.1) is 13.8 Å². The van der Waals surface area contributed by atoms with Crippen LogP contribution < -0.4 is 0 Å². The minimum absolute atomic E-state index is 0.143. The third-order valence-electron chi connectivity index (χ3n) is 3.97. The average Bonchev–Trinajstić information content (AvgIpc) is 2.85. The first-order valence-electron chi connectivity index (χ1n) is 7.49. The smallest absolute Gasteiger partial charge is 0.230 e. The van der Waals surface area contributed by atoms with Gasteiger partial charge in [-0.3, -0.25) is 0 Å². The van der Waals surface area contributed by atoms with Gasteiger partial charge in [-0.2, -0.15) is 0 Å². The first kappa shape index (κ1) is 15.6. The maximum absolute atomic E-state index is 9.87. The van der Waals surface area contributed by atoms with Crippen molar-refractivity contribution in [2.75, 3.05) is 0 Å². The summed E-state index contributed by atoms with van der Waals surface area (Å²) in [5.41, 5.74) is 5.01. The van der Waals surface area contributed by atoms with Crippen LogP contribution in [-0.2, 0) is 6.54 Å². The number of phenolic OH excluding ortho intramolecular Hbond substituents is 1. The number of halogens is 1. The summed E-state index contributed by atoms with van der Waals surface area (Å²) in [5, 5.41) is 10.4. The molecule has 2 aromatic carbocycles. The van der Waals surface area contributed by atoms with Gasteiger partial charge in [-0.1, -0.05) is 11.6 Å². The Labute approximate surface area is 140 Å². The number of aliphatic imine (C=N–C) groups is 1. The maximum Gasteiger partial charge on any atom is 0.230 e. The molecule has 0 fully saturated rings. The van der Waals surface area contributed by atoms with Gasteiger partial charge in [0.2, 0.25) is 5.95 Å². The van der Waals surface area contributed by atoms with Crippen molar-refractivity contribution < 1.29 is 5.11 Å². The Bertz CT molecular complexity index is 912. The zero-order chi connectivity index (χ0) is 16.6. The molecule has 1 aromatic heterocycles. The van der Waals surface area contributed by atoms with Crippen LogP contribution in [-0.4, -0.2) is 20.9 Å². The fourth-order valence-electron chi connectivity index (χ4n) is 2.53. The number of imidazole rings is 1. The van der Waals surface area contributed by atoms with Crippen molar-refractivity contribution >= 4 is 34.8 Å². The van der Waals surface area contributed by atoms with E-state index in [9.17, 15) is 5.11 Å². The number of hydrogen-bond acceptors (Lipinski definition) is 3. The number of aromatic hydroxyl groups is 1. The molecule has 3 aromatic rings. The lowest BCUT2D eigenvalue weighted by Crippen LogP contribution is -1.94. The van der Waals surface area contributed by atoms with Crippen LogP contribution in [0.25, 0.3) is 11.0 Å². The molecule has 3 rings (SSSR count). The van der Waals surface area contributed by atoms with Crippen LogP contribution in [0.1, 0.15) is 23.6 Å². The van der Waals surface area contributed by atoms with E-state index in [1.165, 1.54) is 11.1 Å². The van der Waals surface area contributed by atoms with E-state index in [4.69, 9.17) is 11.6 Å². The summed E-state index contributed by atoms with van der Waals surface area (Å²) >= 11 is 5.96. The molecule has 0 aliphatic heterocycles. The molecule has 23 heavy (non-hydrogen) atoms. The van der Waals surface area contributed by atoms with Crippen molar-refractivity contribution in [2.24, 2.45) is 4.99 Å². The molecule has 1 heterocycles. The van der Waals surface area contributed by atoms with Gasteiger partial charge in [0.05, 0.1) is 11.0 Å². The molecule has 0 saturated heterocycles. The van der Waals surface area contributed by atoms with E-state index in [0.717, 1.165) is 17.6 Å². The Balaban J connectivity index is 2.09. The van der Waals surface area contributed by atoms with Crippen LogP contribution >= 0.6 is 11.6 Å². The SMILES string of the molecule is CCn1c(N=Cc2cc(Cl)ccc2O)nc2cc(C)c(C)cc21. The van der Waals surface area contributed by atoms with Gasteiger partial charge in [0.1, 0.15) is 5.75 Å². The Morgan fingerprint density at radius 1 is 1.22 bits per heavy atom. The highest BCUT2D eigenvalue weighted by molar-refractivity contribution is 6.30. The summed E-state index contributed by atoms with van der Waals surface area (Å²) in [4.78, 5) is 9.06. The molecule has 0 amide bonds. The number of fused-ring (bicyclic) bond motifs is 1. The summed E-state index contributed by atoms with van der Waals surface area (Å²) in [5.74, 6) is 0.760. The van der Waals surface area contributed by atoms with E-state index in [1.54, 1.807) is 24.4 Å². The van der Waals surface area contributed by atoms with Gasteiger partial charge in [0.15, 0.2) is 0 Å². The molecule has 118 valence electrons. The standard InChI is InChI=1S/C18H18ClN3O/c1-4-22-16-8-12(3)11(2)7-15(16)21-18(22)20-10-13-9-14(19)5-6-17(13)23/h5-10,23H,4H2,1-3H3. The lowest BCUT2D eigenvalue weighted by molar-refractivity contribution is 0.474. The summed E-state index contributed by atoms with van der Waals surface area (Å²) < 4.78 is 2.06. The fraction of sp³-hybridized carbons (Fsp3) is 0.222. The molecule has 0 spiro atoms. The minimum Gasteiger partial charge on any atom is -0.507 e. The number of benzene rings is 2. The van der Waals surface area contributed by atoms with Gasteiger partial charge in [-0.15, -0.1) is 0 Å². The highest BCUT2D eigenvalue weighted by atomic mass is 35.5. The topological polar surface area (TPSA) is 50.4 Å². The van der Waals surface area contributed by atoms with Gasteiger partial charge in [-0.05, 0) is 62.2 Å². The monoisotopic (exact) mass is 327 g/mol. The van der Waals surface area contributed by atoms with Gasteiger partial charge >= 0.3 is 0 Å². The van der Waals surface area contributed by atoms with Crippen molar-refractivity contribution in [1.29, 1.82) is 0 Å². The van der Waals surface area contributed by atoms with E-state index in [0.29, 0.717) is 16.5 Å². The molecule has 4 nitrogen and oxygen atoms in total. The van der Waals surface area contributed by atoms with Crippen molar-refractivity contribution in [3.8, 4) is 5.75 Å². The zero-order valence-electron chi connectivity index (χ0n) is 13.3. The van der Waals surface area contributed by atoms with E-state index < -0.39 is 0 Å². The normalized spacial score (nSPS) is 11.7. The second-order valence-electron chi connectivity index (χ2n) is 5.54. The van der Waals surface area contributed by atoms with Gasteiger partial charge in [-0.25, -0.2) is 9.98 Å². The molecular weight excluding hydrogens is 310 g/mol. The molecule has 0 bridgehead atoms. The van der Waals surface area contributed by atoms with Crippen LogP contribution in [0.4, 0.5) is 5.95 Å². The molecule has 1 N–H and O–H groups in total. The lowest BCUT2D eigenvalue weighted by Gasteiger charge is -2.04. The number of phenols is 1. The average molecular weight is 328 g/mol. The number of rotatable bonds is 3. The number of aromatic nitrogens is 2. The number of nitrogens with zero attached hydrogens (tertiary/aromatic N) is 3. The van der Waals surface area contributed by atoms with E-state index in [-0.39, 0.29) is 5.75 Å². The van der Waals surface area contributed by atoms with Gasteiger partial charge in [0, 0.05) is 23.3 Å². The van der Waals surface area contributed by atoms with Crippen molar-refractivity contribution in [1.82, 2.24) is 9.55 Å². The minimum atomic E-state index is 0.143. The maximum atomic E-state index is 9.87. The predicted octanol–water partition coefficient (Wildman–Crippen LogP) is 4.78. The van der Waals surface area contributed by atoms with Gasteiger partial charge in [0.25, 0.3) is 0 Å². The summed E-state index contributed by atoms with van der Waals surface area (Å²) in [6, 6.07) is 9.08. The Morgan fingerprint density at radius 3 is 2.70 bits per heavy atom. The number of hydrogen-bond donors (Lipinski definition) is 1. The van der Waals surface area contributed by atoms with Crippen molar-refractivity contribution in [3.63, 3.8) is 0 Å². The first-order chi connectivity index (χ1) is 11.0. The highest BCUT2D eigenvalue weighted by Crippen LogP contribution is 2.26. The van der Waals surface area contributed by atoms with Crippen LogP contribution in [0.2, 0.25) is 5.02 Å². The Morgan fingerprint density at radius 2 is 1.96 bits per heavy atom. The van der Waals surface area contributed by atoms with E-state index in [2.05, 4.69) is 47.4 Å². The van der Waals surface area contributed by atoms with Crippen LogP contribution in [0.15, 0.2) is 35.3 Å². The van der Waals surface area contributed by atoms with Crippen LogP contribution in [0.3, 0.4) is 0 Å². The molecule has 0 unspecified atom stereocenters. The van der Waals surface area contributed by atoms with Crippen LogP contribution in [0.5, 0.6) is 5.75 Å². The number of aryl methyl sites for hydroxylation is 3. The van der Waals surface area contributed by atoms with Gasteiger partial charge < -0.3 is 9.67 Å². The lowest BCUT2D eigenvalue weighted by atomic mass is 10.1. The van der Waals surface area contributed by atoms with Crippen molar-refractivity contribution in [3.05, 3.63) is 52.0 Å². The first-order valence-corrected chi connectivity index (χ1v) is 7.87. The molecule has 0 saturated carbocycles. The molecular formula is C18H18ClN3O. The molecule has 5 heteroatoms. The zero-order valence-corrected chi connectivity index (χ0v) is 14.1. The summed E-state index contributed by atoms with van der Waals surface area (Å²) in [6.07, 6.45) is 1.59. The Kier molecular flexibility index (Phi) is 4.09. The highest BCUT2D eigenvalue weighted by Gasteiger charge is 2.10. The van der Waals surface area contributed by atoms with E-state index >= 15 is 0 Å². The summed E-state index contributed by atoms with van der Waals surface area (Å²) in [6.45, 7) is 7.00.